The predicted molar refractivity (Wildman–Crippen MR) is 79.5 cm³/mol. The van der Waals surface area contributed by atoms with Gasteiger partial charge in [-0.2, -0.15) is 0 Å². The molecule has 5 nitrogen and oxygen atoms in total. The first-order chi connectivity index (χ1) is 10.1. The molecule has 2 rings (SSSR count). The summed E-state index contributed by atoms with van der Waals surface area (Å²) in [5.41, 5.74) is 7.12. The molecular formula is C16H22N2O3. The maximum absolute atomic E-state index is 12.1. The monoisotopic (exact) mass is 290 g/mol. The van der Waals surface area contributed by atoms with E-state index < -0.39 is 5.97 Å². The van der Waals surface area contributed by atoms with E-state index in [-0.39, 0.29) is 24.3 Å². The number of hydrogen-bond donors (Lipinski definition) is 2. The topological polar surface area (TPSA) is 83.6 Å². The number of nitrogens with zero attached hydrogens (tertiary/aromatic N) is 1. The van der Waals surface area contributed by atoms with Gasteiger partial charge in [0, 0.05) is 32.0 Å². The van der Waals surface area contributed by atoms with E-state index in [1.54, 1.807) is 4.90 Å². The van der Waals surface area contributed by atoms with Crippen LogP contribution in [-0.2, 0) is 9.59 Å². The van der Waals surface area contributed by atoms with E-state index in [0.717, 1.165) is 12.0 Å². The Kier molecular flexibility index (Phi) is 5.33. The van der Waals surface area contributed by atoms with Gasteiger partial charge in [-0.3, -0.25) is 9.59 Å². The highest BCUT2D eigenvalue weighted by atomic mass is 16.4. The second-order valence-electron chi connectivity index (χ2n) is 5.65. The molecule has 0 bridgehead atoms. The van der Waals surface area contributed by atoms with E-state index in [4.69, 9.17) is 10.8 Å². The van der Waals surface area contributed by atoms with Gasteiger partial charge in [0.25, 0.3) is 0 Å². The maximum atomic E-state index is 12.1. The summed E-state index contributed by atoms with van der Waals surface area (Å²) in [6.45, 7) is 1.23. The van der Waals surface area contributed by atoms with Crippen molar-refractivity contribution in [2.45, 2.75) is 31.7 Å². The lowest BCUT2D eigenvalue weighted by Gasteiger charge is -2.18. The highest BCUT2D eigenvalue weighted by Gasteiger charge is 2.27. The standard InChI is InChI=1S/C16H22N2O3/c17-14(13-4-2-1-3-5-13)6-7-15(19)18-9-8-12(11-18)10-16(20)21/h1-5,12,14H,6-11,17H2,(H,20,21). The molecule has 1 amide bonds. The molecule has 1 aromatic rings. The molecule has 114 valence electrons. The summed E-state index contributed by atoms with van der Waals surface area (Å²) in [7, 11) is 0. The molecule has 0 radical (unpaired) electrons. The van der Waals surface area contributed by atoms with E-state index in [9.17, 15) is 9.59 Å². The van der Waals surface area contributed by atoms with Crippen LogP contribution in [0.1, 0.15) is 37.3 Å². The van der Waals surface area contributed by atoms with E-state index in [0.29, 0.717) is 25.9 Å². The summed E-state index contributed by atoms with van der Waals surface area (Å²) in [5.74, 6) is -0.621. The Morgan fingerprint density at radius 1 is 1.33 bits per heavy atom. The zero-order valence-electron chi connectivity index (χ0n) is 12.1. The number of carboxylic acid groups (broad SMARTS) is 1. The molecule has 0 aliphatic carbocycles. The normalized spacial score (nSPS) is 19.5. The lowest BCUT2D eigenvalue weighted by molar-refractivity contribution is -0.138. The van der Waals surface area contributed by atoms with Gasteiger partial charge in [0.1, 0.15) is 0 Å². The van der Waals surface area contributed by atoms with Gasteiger partial charge in [-0.1, -0.05) is 30.3 Å². The second-order valence-corrected chi connectivity index (χ2v) is 5.65. The van der Waals surface area contributed by atoms with Crippen molar-refractivity contribution in [1.29, 1.82) is 0 Å². The molecule has 2 atom stereocenters. The minimum Gasteiger partial charge on any atom is -0.481 e. The molecule has 5 heteroatoms. The fourth-order valence-electron chi connectivity index (χ4n) is 2.78. The summed E-state index contributed by atoms with van der Waals surface area (Å²) in [6.07, 6.45) is 1.95. The molecule has 3 N–H and O–H groups in total. The van der Waals surface area contributed by atoms with Crippen molar-refractivity contribution in [2.24, 2.45) is 11.7 Å². The van der Waals surface area contributed by atoms with E-state index >= 15 is 0 Å². The van der Waals surface area contributed by atoms with Crippen LogP contribution in [0.25, 0.3) is 0 Å². The Morgan fingerprint density at radius 2 is 2.05 bits per heavy atom. The van der Waals surface area contributed by atoms with Gasteiger partial charge in [0.15, 0.2) is 0 Å². The van der Waals surface area contributed by atoms with Crippen molar-refractivity contribution < 1.29 is 14.7 Å². The second kappa shape index (κ2) is 7.22. The van der Waals surface area contributed by atoms with Crippen molar-refractivity contribution >= 4 is 11.9 Å². The average molecular weight is 290 g/mol. The van der Waals surface area contributed by atoms with Crippen molar-refractivity contribution in [3.05, 3.63) is 35.9 Å². The first kappa shape index (κ1) is 15.5. The number of carbonyl (C=O) groups excluding carboxylic acids is 1. The number of benzene rings is 1. The molecule has 0 spiro atoms. The predicted octanol–water partition coefficient (Wildman–Crippen LogP) is 1.79. The largest absolute Gasteiger partial charge is 0.481 e. The zero-order chi connectivity index (χ0) is 15.2. The van der Waals surface area contributed by atoms with Gasteiger partial charge < -0.3 is 15.7 Å². The van der Waals surface area contributed by atoms with Gasteiger partial charge in [-0.25, -0.2) is 0 Å². The fourth-order valence-corrected chi connectivity index (χ4v) is 2.78. The average Bonchev–Trinajstić information content (AvgIpc) is 2.93. The van der Waals surface area contributed by atoms with Gasteiger partial charge in [-0.05, 0) is 24.3 Å². The zero-order valence-corrected chi connectivity index (χ0v) is 12.1. The third kappa shape index (κ3) is 4.56. The number of nitrogens with two attached hydrogens (primary N) is 1. The van der Waals surface area contributed by atoms with Crippen LogP contribution in [0.15, 0.2) is 30.3 Å². The first-order valence-electron chi connectivity index (χ1n) is 7.36. The van der Waals surface area contributed by atoms with Crippen LogP contribution < -0.4 is 5.73 Å². The maximum Gasteiger partial charge on any atom is 0.303 e. The van der Waals surface area contributed by atoms with Gasteiger partial charge in [0.2, 0.25) is 5.91 Å². The molecule has 1 fully saturated rings. The Bertz CT molecular complexity index is 490. The number of carboxylic acids is 1. The van der Waals surface area contributed by atoms with Crippen molar-refractivity contribution in [3.8, 4) is 0 Å². The number of rotatable bonds is 6. The van der Waals surface area contributed by atoms with E-state index in [1.807, 2.05) is 30.3 Å². The summed E-state index contributed by atoms with van der Waals surface area (Å²) < 4.78 is 0. The molecule has 1 aliphatic rings. The molecule has 1 heterocycles. The summed E-state index contributed by atoms with van der Waals surface area (Å²) in [6, 6.07) is 9.62. The van der Waals surface area contributed by atoms with Gasteiger partial charge in [-0.15, -0.1) is 0 Å². The number of likely N-dealkylation sites (tertiary alicyclic amines) is 1. The Hall–Kier alpha value is -1.88. The van der Waals surface area contributed by atoms with Crippen molar-refractivity contribution in [3.63, 3.8) is 0 Å². The Morgan fingerprint density at radius 3 is 2.71 bits per heavy atom. The Balaban J connectivity index is 1.76. The van der Waals surface area contributed by atoms with Crippen LogP contribution in [-0.4, -0.2) is 35.0 Å². The fraction of sp³-hybridized carbons (Fsp3) is 0.500. The third-order valence-corrected chi connectivity index (χ3v) is 4.00. The van der Waals surface area contributed by atoms with Crippen LogP contribution in [0.4, 0.5) is 0 Å². The molecule has 2 unspecified atom stereocenters. The highest BCUT2D eigenvalue weighted by molar-refractivity contribution is 5.76. The molecule has 0 aromatic heterocycles. The first-order valence-corrected chi connectivity index (χ1v) is 7.36. The van der Waals surface area contributed by atoms with Crippen LogP contribution in [0.5, 0.6) is 0 Å². The van der Waals surface area contributed by atoms with Crippen LogP contribution in [0.2, 0.25) is 0 Å². The number of amides is 1. The highest BCUT2D eigenvalue weighted by Crippen LogP contribution is 2.22. The molecular weight excluding hydrogens is 268 g/mol. The summed E-state index contributed by atoms with van der Waals surface area (Å²) in [4.78, 5) is 24.6. The summed E-state index contributed by atoms with van der Waals surface area (Å²) in [5, 5.41) is 8.78. The molecule has 1 aliphatic heterocycles. The van der Waals surface area contributed by atoms with E-state index in [1.165, 1.54) is 0 Å². The van der Waals surface area contributed by atoms with Crippen molar-refractivity contribution in [2.75, 3.05) is 13.1 Å². The minimum atomic E-state index is -0.791. The SMILES string of the molecule is NC(CCC(=O)N1CCC(CC(=O)O)C1)c1ccccc1. The lowest BCUT2D eigenvalue weighted by atomic mass is 10.0. The smallest absolute Gasteiger partial charge is 0.303 e. The molecule has 1 aromatic carbocycles. The summed E-state index contributed by atoms with van der Waals surface area (Å²) >= 11 is 0. The van der Waals surface area contributed by atoms with Crippen molar-refractivity contribution in [1.82, 2.24) is 4.90 Å². The molecule has 0 saturated carbocycles. The van der Waals surface area contributed by atoms with Gasteiger partial charge in [0.05, 0.1) is 0 Å². The quantitative estimate of drug-likeness (QED) is 0.836. The number of hydrogen-bond acceptors (Lipinski definition) is 3. The van der Waals surface area contributed by atoms with Crippen LogP contribution >= 0.6 is 0 Å². The van der Waals surface area contributed by atoms with Crippen LogP contribution in [0.3, 0.4) is 0 Å². The molecule has 21 heavy (non-hydrogen) atoms. The number of aliphatic carboxylic acids is 1. The third-order valence-electron chi connectivity index (χ3n) is 4.00. The Labute approximate surface area is 124 Å². The molecule has 1 saturated heterocycles. The van der Waals surface area contributed by atoms with Gasteiger partial charge >= 0.3 is 5.97 Å². The number of carbonyl (C=O) groups is 2. The van der Waals surface area contributed by atoms with Crippen LogP contribution in [0, 0.1) is 5.92 Å². The van der Waals surface area contributed by atoms with E-state index in [2.05, 4.69) is 0 Å². The lowest BCUT2D eigenvalue weighted by Crippen LogP contribution is -2.29. The minimum absolute atomic E-state index is 0.0780.